The van der Waals surface area contributed by atoms with Crippen molar-refractivity contribution >= 4 is 17.6 Å². The number of hydrogen-bond acceptors (Lipinski definition) is 5. The van der Waals surface area contributed by atoms with Crippen LogP contribution in [-0.2, 0) is 9.53 Å². The van der Waals surface area contributed by atoms with Crippen LogP contribution in [0.15, 0.2) is 12.1 Å². The van der Waals surface area contributed by atoms with E-state index in [0.29, 0.717) is 29.7 Å². The Balaban J connectivity index is 2.25. The average molecular weight is 286 g/mol. The minimum Gasteiger partial charge on any atom is -0.489 e. The molecule has 0 spiro atoms. The van der Waals surface area contributed by atoms with Gasteiger partial charge in [-0.05, 0) is 17.7 Å². The van der Waals surface area contributed by atoms with Crippen molar-refractivity contribution in [2.45, 2.75) is 18.9 Å². The summed E-state index contributed by atoms with van der Waals surface area (Å²) < 4.78 is 15.7. The molecule has 104 valence electrons. The van der Waals surface area contributed by atoms with Gasteiger partial charge < -0.3 is 19.9 Å². The average Bonchev–Trinajstić information content (AvgIpc) is 2.63. The lowest BCUT2D eigenvalue weighted by atomic mass is 10.0. The summed E-state index contributed by atoms with van der Waals surface area (Å²) in [6.07, 6.45) is 0.890. The number of hydrogen-bond donors (Lipinski definition) is 1. The van der Waals surface area contributed by atoms with Crippen LogP contribution >= 0.6 is 11.6 Å². The van der Waals surface area contributed by atoms with Crippen LogP contribution in [0.2, 0.25) is 5.02 Å². The summed E-state index contributed by atoms with van der Waals surface area (Å²) in [6.45, 7) is 1.14. The zero-order chi connectivity index (χ0) is 13.8. The van der Waals surface area contributed by atoms with Gasteiger partial charge in [-0.1, -0.05) is 11.6 Å². The molecular formula is C13H16ClNO4. The summed E-state index contributed by atoms with van der Waals surface area (Å²) in [6, 6.07) is 2.98. The third-order valence-corrected chi connectivity index (χ3v) is 3.15. The van der Waals surface area contributed by atoms with Crippen LogP contribution in [0, 0.1) is 0 Å². The van der Waals surface area contributed by atoms with Crippen LogP contribution in [0.5, 0.6) is 11.5 Å². The van der Waals surface area contributed by atoms with Crippen LogP contribution in [0.3, 0.4) is 0 Å². The van der Waals surface area contributed by atoms with E-state index in [1.54, 1.807) is 12.1 Å². The number of carbonyl (C=O) groups is 1. The number of esters is 1. The monoisotopic (exact) mass is 285 g/mol. The summed E-state index contributed by atoms with van der Waals surface area (Å²) in [4.78, 5) is 11.2. The Labute approximate surface area is 116 Å². The van der Waals surface area contributed by atoms with Crippen molar-refractivity contribution in [3.63, 3.8) is 0 Å². The number of ether oxygens (including phenoxy) is 3. The van der Waals surface area contributed by atoms with Gasteiger partial charge in [0.1, 0.15) is 0 Å². The smallest absolute Gasteiger partial charge is 0.307 e. The minimum atomic E-state index is -0.484. The third-order valence-electron chi connectivity index (χ3n) is 2.87. The van der Waals surface area contributed by atoms with Crippen molar-refractivity contribution in [2.24, 2.45) is 5.73 Å². The Morgan fingerprint density at radius 1 is 1.47 bits per heavy atom. The van der Waals surface area contributed by atoms with E-state index in [9.17, 15) is 4.79 Å². The molecule has 1 unspecified atom stereocenters. The minimum absolute atomic E-state index is 0.0898. The molecule has 1 aromatic rings. The van der Waals surface area contributed by atoms with E-state index in [4.69, 9.17) is 26.8 Å². The Bertz CT molecular complexity index is 478. The topological polar surface area (TPSA) is 70.8 Å². The molecule has 2 rings (SSSR count). The van der Waals surface area contributed by atoms with Crippen molar-refractivity contribution in [3.8, 4) is 11.5 Å². The summed E-state index contributed by atoms with van der Waals surface area (Å²) in [5, 5.41) is 0.440. The molecule has 0 saturated carbocycles. The quantitative estimate of drug-likeness (QED) is 0.861. The van der Waals surface area contributed by atoms with E-state index in [1.807, 2.05) is 0 Å². The molecule has 1 atom stereocenters. The second-order valence-corrected chi connectivity index (χ2v) is 4.67. The first kappa shape index (κ1) is 14.0. The molecular weight excluding hydrogens is 270 g/mol. The Morgan fingerprint density at radius 3 is 2.95 bits per heavy atom. The highest BCUT2D eigenvalue weighted by molar-refractivity contribution is 6.32. The molecule has 6 heteroatoms. The first-order valence-electron chi connectivity index (χ1n) is 6.03. The summed E-state index contributed by atoms with van der Waals surface area (Å²) >= 11 is 6.16. The Hall–Kier alpha value is -1.46. The molecule has 0 amide bonds. The molecule has 2 N–H and O–H groups in total. The van der Waals surface area contributed by atoms with Crippen molar-refractivity contribution in [2.75, 3.05) is 20.3 Å². The maximum absolute atomic E-state index is 11.2. The molecule has 19 heavy (non-hydrogen) atoms. The molecule has 1 aliphatic rings. The van der Waals surface area contributed by atoms with Crippen molar-refractivity contribution in [1.82, 2.24) is 0 Å². The number of fused-ring (bicyclic) bond motifs is 1. The van der Waals surface area contributed by atoms with Crippen molar-refractivity contribution in [1.29, 1.82) is 0 Å². The molecule has 5 nitrogen and oxygen atoms in total. The van der Waals surface area contributed by atoms with E-state index in [1.165, 1.54) is 7.11 Å². The molecule has 1 heterocycles. The van der Waals surface area contributed by atoms with Gasteiger partial charge in [-0.25, -0.2) is 0 Å². The van der Waals surface area contributed by atoms with Crippen LogP contribution in [-0.4, -0.2) is 26.3 Å². The van der Waals surface area contributed by atoms with Gasteiger partial charge in [-0.2, -0.15) is 0 Å². The van der Waals surface area contributed by atoms with E-state index >= 15 is 0 Å². The second-order valence-electron chi connectivity index (χ2n) is 4.27. The molecule has 0 fully saturated rings. The van der Waals surface area contributed by atoms with Crippen LogP contribution < -0.4 is 15.2 Å². The molecule has 0 saturated heterocycles. The van der Waals surface area contributed by atoms with Gasteiger partial charge in [0.15, 0.2) is 11.5 Å². The first-order valence-corrected chi connectivity index (χ1v) is 6.41. The van der Waals surface area contributed by atoms with E-state index in [2.05, 4.69) is 4.74 Å². The van der Waals surface area contributed by atoms with Crippen LogP contribution in [0.4, 0.5) is 0 Å². The fourth-order valence-electron chi connectivity index (χ4n) is 1.85. The number of carbonyl (C=O) groups excluding carboxylic acids is 1. The third kappa shape index (κ3) is 3.30. The zero-order valence-electron chi connectivity index (χ0n) is 10.6. The lowest BCUT2D eigenvalue weighted by Gasteiger charge is -2.15. The van der Waals surface area contributed by atoms with Gasteiger partial charge in [0.05, 0.1) is 31.8 Å². The second kappa shape index (κ2) is 6.12. The van der Waals surface area contributed by atoms with Gasteiger partial charge >= 0.3 is 5.97 Å². The largest absolute Gasteiger partial charge is 0.489 e. The SMILES string of the molecule is COC(=O)CC(N)c1cc(Cl)c2c(c1)OCCCO2. The fraction of sp³-hybridized carbons (Fsp3) is 0.462. The van der Waals surface area contributed by atoms with E-state index in [0.717, 1.165) is 12.0 Å². The Kier molecular flexibility index (Phi) is 4.50. The lowest BCUT2D eigenvalue weighted by Crippen LogP contribution is -2.16. The number of benzene rings is 1. The fourth-order valence-corrected chi connectivity index (χ4v) is 2.12. The normalized spacial score (nSPS) is 15.5. The lowest BCUT2D eigenvalue weighted by molar-refractivity contribution is -0.141. The van der Waals surface area contributed by atoms with Crippen LogP contribution in [0.25, 0.3) is 0 Å². The zero-order valence-corrected chi connectivity index (χ0v) is 11.4. The number of rotatable bonds is 3. The Morgan fingerprint density at radius 2 is 2.21 bits per heavy atom. The van der Waals surface area contributed by atoms with Crippen molar-refractivity contribution in [3.05, 3.63) is 22.7 Å². The van der Waals surface area contributed by atoms with Crippen molar-refractivity contribution < 1.29 is 19.0 Å². The number of nitrogens with two attached hydrogens (primary N) is 1. The molecule has 0 aliphatic carbocycles. The number of methoxy groups -OCH3 is 1. The van der Waals surface area contributed by atoms with Gasteiger partial charge in [0.2, 0.25) is 0 Å². The predicted octanol–water partition coefficient (Wildman–Crippen LogP) is 2.06. The van der Waals surface area contributed by atoms with Gasteiger partial charge in [-0.15, -0.1) is 0 Å². The first-order chi connectivity index (χ1) is 9.11. The molecule has 0 bridgehead atoms. The molecule has 0 aromatic heterocycles. The molecule has 1 aliphatic heterocycles. The maximum atomic E-state index is 11.2. The highest BCUT2D eigenvalue weighted by Crippen LogP contribution is 2.39. The van der Waals surface area contributed by atoms with E-state index in [-0.39, 0.29) is 12.4 Å². The summed E-state index contributed by atoms with van der Waals surface area (Å²) in [7, 11) is 1.33. The van der Waals surface area contributed by atoms with Gasteiger partial charge in [0, 0.05) is 12.5 Å². The summed E-state index contributed by atoms with van der Waals surface area (Å²) in [5.74, 6) is 0.740. The predicted molar refractivity (Wildman–Crippen MR) is 70.6 cm³/mol. The highest BCUT2D eigenvalue weighted by atomic mass is 35.5. The number of halogens is 1. The molecule has 1 aromatic carbocycles. The maximum Gasteiger partial charge on any atom is 0.307 e. The van der Waals surface area contributed by atoms with Gasteiger partial charge in [-0.3, -0.25) is 4.79 Å². The highest BCUT2D eigenvalue weighted by Gasteiger charge is 2.19. The van der Waals surface area contributed by atoms with Gasteiger partial charge in [0.25, 0.3) is 0 Å². The molecule has 0 radical (unpaired) electrons. The summed E-state index contributed by atoms with van der Waals surface area (Å²) in [5.41, 5.74) is 6.68. The van der Waals surface area contributed by atoms with Crippen LogP contribution in [0.1, 0.15) is 24.4 Å². The standard InChI is InChI=1S/C13H16ClNO4/c1-17-12(16)7-10(15)8-5-9(14)13-11(6-8)18-3-2-4-19-13/h5-6,10H,2-4,7,15H2,1H3. The van der Waals surface area contributed by atoms with E-state index < -0.39 is 6.04 Å².